The van der Waals surface area contributed by atoms with Crippen molar-refractivity contribution in [3.05, 3.63) is 64.4 Å². The van der Waals surface area contributed by atoms with Crippen molar-refractivity contribution >= 4 is 27.5 Å². The highest BCUT2D eigenvalue weighted by Gasteiger charge is 2.34. The average Bonchev–Trinajstić information content (AvgIpc) is 2.68. The molecule has 0 aromatic heterocycles. The molecule has 2 unspecified atom stereocenters. The molecule has 6 nitrogen and oxygen atoms in total. The van der Waals surface area contributed by atoms with Crippen molar-refractivity contribution < 1.29 is 22.3 Å². The second-order valence-electron chi connectivity index (χ2n) is 7.51. The highest BCUT2D eigenvalue weighted by molar-refractivity contribution is 7.89. The molecule has 1 saturated heterocycles. The van der Waals surface area contributed by atoms with Crippen LogP contribution in [0.25, 0.3) is 0 Å². The second kappa shape index (κ2) is 9.01. The fourth-order valence-corrected chi connectivity index (χ4v) is 5.55. The van der Waals surface area contributed by atoms with E-state index in [0.717, 1.165) is 5.56 Å². The number of hydrogen-bond acceptors (Lipinski definition) is 4. The van der Waals surface area contributed by atoms with E-state index in [1.807, 2.05) is 13.8 Å². The van der Waals surface area contributed by atoms with Crippen LogP contribution in [-0.2, 0) is 21.3 Å². The minimum absolute atomic E-state index is 0.0551. The Morgan fingerprint density at radius 2 is 1.77 bits per heavy atom. The number of carbonyl (C=O) groups excluding carboxylic acids is 1. The van der Waals surface area contributed by atoms with Crippen molar-refractivity contribution in [1.29, 1.82) is 0 Å². The summed E-state index contributed by atoms with van der Waals surface area (Å²) in [4.78, 5) is 14.2. The number of morpholine rings is 1. The van der Waals surface area contributed by atoms with Crippen LogP contribution >= 0.6 is 11.6 Å². The molecule has 0 N–H and O–H groups in total. The van der Waals surface area contributed by atoms with Gasteiger partial charge in [0.05, 0.1) is 17.2 Å². The van der Waals surface area contributed by atoms with Gasteiger partial charge in [0.2, 0.25) is 10.0 Å². The first-order valence-corrected chi connectivity index (χ1v) is 11.3. The van der Waals surface area contributed by atoms with Gasteiger partial charge in [0.1, 0.15) is 10.7 Å². The zero-order valence-electron chi connectivity index (χ0n) is 17.0. The lowest BCUT2D eigenvalue weighted by molar-refractivity contribution is -0.0440. The molecule has 3 rings (SSSR count). The summed E-state index contributed by atoms with van der Waals surface area (Å²) in [6.45, 7) is 4.30. The highest BCUT2D eigenvalue weighted by atomic mass is 35.5. The van der Waals surface area contributed by atoms with Gasteiger partial charge in [-0.1, -0.05) is 23.7 Å². The molecule has 30 heavy (non-hydrogen) atoms. The summed E-state index contributed by atoms with van der Waals surface area (Å²) >= 11 is 6.20. The van der Waals surface area contributed by atoms with E-state index in [-0.39, 0.29) is 59.0 Å². The number of nitrogens with zero attached hydrogens (tertiary/aromatic N) is 2. The lowest BCUT2D eigenvalue weighted by atomic mass is 10.1. The third-order valence-corrected chi connectivity index (χ3v) is 7.17. The van der Waals surface area contributed by atoms with Crippen molar-refractivity contribution in [3.63, 3.8) is 0 Å². The fraction of sp³-hybridized carbons (Fsp3) is 0.381. The molecule has 0 aliphatic carbocycles. The minimum atomic E-state index is -3.89. The predicted octanol–water partition coefficient (Wildman–Crippen LogP) is 3.55. The molecule has 0 bridgehead atoms. The van der Waals surface area contributed by atoms with Gasteiger partial charge < -0.3 is 9.64 Å². The number of halogens is 2. The van der Waals surface area contributed by atoms with Crippen molar-refractivity contribution in [2.45, 2.75) is 37.5 Å². The molecule has 162 valence electrons. The minimum Gasteiger partial charge on any atom is -0.373 e. The van der Waals surface area contributed by atoms with E-state index >= 15 is 0 Å². The third-order valence-electron chi connectivity index (χ3n) is 4.86. The van der Waals surface area contributed by atoms with Crippen molar-refractivity contribution in [3.8, 4) is 0 Å². The van der Waals surface area contributed by atoms with Crippen molar-refractivity contribution in [2.75, 3.05) is 20.1 Å². The Labute approximate surface area is 181 Å². The van der Waals surface area contributed by atoms with Crippen LogP contribution in [-0.4, -0.2) is 55.9 Å². The van der Waals surface area contributed by atoms with Crippen LogP contribution in [0, 0.1) is 5.82 Å². The molecule has 1 aliphatic heterocycles. The topological polar surface area (TPSA) is 66.9 Å². The Hall–Kier alpha value is -2.00. The van der Waals surface area contributed by atoms with E-state index in [1.54, 1.807) is 19.2 Å². The largest absolute Gasteiger partial charge is 0.373 e. The van der Waals surface area contributed by atoms with Gasteiger partial charge >= 0.3 is 0 Å². The van der Waals surface area contributed by atoms with E-state index in [2.05, 4.69) is 0 Å². The average molecular weight is 455 g/mol. The van der Waals surface area contributed by atoms with Gasteiger partial charge in [-0.15, -0.1) is 0 Å². The molecule has 1 amide bonds. The molecule has 0 radical (unpaired) electrons. The Bertz CT molecular complexity index is 1020. The first-order chi connectivity index (χ1) is 14.1. The molecule has 1 fully saturated rings. The summed E-state index contributed by atoms with van der Waals surface area (Å²) < 4.78 is 46.4. The summed E-state index contributed by atoms with van der Waals surface area (Å²) in [5.74, 6) is -0.719. The molecule has 0 saturated carbocycles. The third kappa shape index (κ3) is 5.00. The number of ether oxygens (including phenoxy) is 1. The molecule has 2 atom stereocenters. The van der Waals surface area contributed by atoms with Crippen LogP contribution in [0.2, 0.25) is 5.02 Å². The van der Waals surface area contributed by atoms with Crippen LogP contribution in [0.1, 0.15) is 29.8 Å². The van der Waals surface area contributed by atoms with Crippen LogP contribution in [0.5, 0.6) is 0 Å². The lowest BCUT2D eigenvalue weighted by Crippen LogP contribution is -2.48. The van der Waals surface area contributed by atoms with E-state index < -0.39 is 10.0 Å². The molecule has 9 heteroatoms. The number of hydrogen-bond donors (Lipinski definition) is 0. The normalized spacial score (nSPS) is 20.2. The number of carbonyl (C=O) groups is 1. The maximum atomic E-state index is 13.2. The second-order valence-corrected chi connectivity index (χ2v) is 9.83. The van der Waals surface area contributed by atoms with Gasteiger partial charge in [0, 0.05) is 32.2 Å². The number of benzene rings is 2. The number of rotatable bonds is 5. The molecule has 1 aliphatic rings. The van der Waals surface area contributed by atoms with E-state index in [9.17, 15) is 17.6 Å². The van der Waals surface area contributed by atoms with Gasteiger partial charge in [0.15, 0.2) is 0 Å². The van der Waals surface area contributed by atoms with E-state index in [4.69, 9.17) is 16.3 Å². The summed E-state index contributed by atoms with van der Waals surface area (Å²) in [6, 6.07) is 10.1. The van der Waals surface area contributed by atoms with Crippen LogP contribution in [0.3, 0.4) is 0 Å². The maximum Gasteiger partial charge on any atom is 0.253 e. The standard InChI is InChI=1S/C21H24ClFN2O4S/c1-14-11-25(12-15(2)29-14)30(27,28)20-10-17(6-9-19(20)22)21(26)24(3)13-16-4-7-18(23)8-5-16/h4-10,14-15H,11-13H2,1-3H3. The Morgan fingerprint density at radius 3 is 2.37 bits per heavy atom. The molecule has 0 spiro atoms. The Morgan fingerprint density at radius 1 is 1.17 bits per heavy atom. The summed E-state index contributed by atoms with van der Waals surface area (Å²) in [5.41, 5.74) is 0.960. The van der Waals surface area contributed by atoms with Crippen LogP contribution in [0.15, 0.2) is 47.4 Å². The highest BCUT2D eigenvalue weighted by Crippen LogP contribution is 2.28. The van der Waals surface area contributed by atoms with Crippen LogP contribution < -0.4 is 0 Å². The Kier molecular flexibility index (Phi) is 6.81. The SMILES string of the molecule is CC1CN(S(=O)(=O)c2cc(C(=O)N(C)Cc3ccc(F)cc3)ccc2Cl)CC(C)O1. The summed E-state index contributed by atoms with van der Waals surface area (Å²) in [5, 5.41) is 0.0551. The maximum absolute atomic E-state index is 13.2. The summed E-state index contributed by atoms with van der Waals surface area (Å²) in [7, 11) is -2.30. The molecular weight excluding hydrogens is 431 g/mol. The first-order valence-electron chi connectivity index (χ1n) is 9.53. The molecule has 2 aromatic carbocycles. The smallest absolute Gasteiger partial charge is 0.253 e. The van der Waals surface area contributed by atoms with Gasteiger partial charge in [-0.3, -0.25) is 4.79 Å². The van der Waals surface area contributed by atoms with Gasteiger partial charge in [-0.05, 0) is 49.7 Å². The van der Waals surface area contributed by atoms with Crippen molar-refractivity contribution in [2.24, 2.45) is 0 Å². The molecule has 1 heterocycles. The zero-order valence-corrected chi connectivity index (χ0v) is 18.6. The van der Waals surface area contributed by atoms with E-state index in [0.29, 0.717) is 0 Å². The van der Waals surface area contributed by atoms with Crippen molar-refractivity contribution in [1.82, 2.24) is 9.21 Å². The fourth-order valence-electron chi connectivity index (χ4n) is 3.46. The van der Waals surface area contributed by atoms with Gasteiger partial charge in [-0.25, -0.2) is 12.8 Å². The predicted molar refractivity (Wildman–Crippen MR) is 112 cm³/mol. The zero-order chi connectivity index (χ0) is 22.1. The first kappa shape index (κ1) is 22.7. The molecular formula is C21H24ClFN2O4S. The van der Waals surface area contributed by atoms with Gasteiger partial charge in [-0.2, -0.15) is 4.31 Å². The van der Waals surface area contributed by atoms with E-state index in [1.165, 1.54) is 39.5 Å². The number of sulfonamides is 1. The Balaban J connectivity index is 1.85. The van der Waals surface area contributed by atoms with Crippen LogP contribution in [0.4, 0.5) is 4.39 Å². The van der Waals surface area contributed by atoms with Gasteiger partial charge in [0.25, 0.3) is 5.91 Å². The monoisotopic (exact) mass is 454 g/mol. The lowest BCUT2D eigenvalue weighted by Gasteiger charge is -2.34. The molecule has 2 aromatic rings. The quantitative estimate of drug-likeness (QED) is 0.693. The number of amides is 1. The summed E-state index contributed by atoms with van der Waals surface area (Å²) in [6.07, 6.45) is -0.483.